The summed E-state index contributed by atoms with van der Waals surface area (Å²) in [5, 5.41) is 9.46. The molecule has 0 saturated heterocycles. The van der Waals surface area contributed by atoms with Gasteiger partial charge in [-0.2, -0.15) is 0 Å². The maximum Gasteiger partial charge on any atom is 0.319 e. The molecule has 1 aliphatic carbocycles. The molecule has 0 atom stereocenters. The lowest BCUT2D eigenvalue weighted by molar-refractivity contribution is -0.136. The van der Waals surface area contributed by atoms with Crippen LogP contribution in [0.1, 0.15) is 44.1 Å². The second kappa shape index (κ2) is 8.32. The largest absolute Gasteiger partial charge is 0.508 e. The van der Waals surface area contributed by atoms with Crippen LogP contribution in [0.5, 0.6) is 5.75 Å². The summed E-state index contributed by atoms with van der Waals surface area (Å²) in [6.07, 6.45) is 8.99. The van der Waals surface area contributed by atoms with Crippen LogP contribution >= 0.6 is 0 Å². The number of carbonyl (C=O) groups is 2. The summed E-state index contributed by atoms with van der Waals surface area (Å²) in [6, 6.07) is 6.53. The van der Waals surface area contributed by atoms with Gasteiger partial charge in [-0.15, -0.1) is 0 Å². The molecule has 2 rings (SSSR count). The van der Waals surface area contributed by atoms with Crippen LogP contribution in [0.4, 0.5) is 0 Å². The minimum absolute atomic E-state index is 0.183. The minimum atomic E-state index is -0.642. The second-order valence-corrected chi connectivity index (χ2v) is 5.82. The SMILES string of the molecule is C=C(O)c1ccccc1OC(=O)CC(=O)/C=C/C1CCCCC1. The molecule has 4 nitrogen and oxygen atoms in total. The number of aliphatic hydroxyl groups is 1. The lowest BCUT2D eigenvalue weighted by Gasteiger charge is -2.17. The van der Waals surface area contributed by atoms with Gasteiger partial charge in [-0.25, -0.2) is 0 Å². The van der Waals surface area contributed by atoms with Gasteiger partial charge in [0.25, 0.3) is 0 Å². The number of allylic oxidation sites excluding steroid dienone is 2. The normalized spacial score (nSPS) is 15.5. The standard InChI is InChI=1S/C19H22O4/c1-14(20)17-9-5-6-10-18(17)23-19(22)13-16(21)12-11-15-7-3-2-4-8-15/h5-6,9-12,15,20H,1-4,7-8,13H2/b12-11+. The highest BCUT2D eigenvalue weighted by Crippen LogP contribution is 2.25. The van der Waals surface area contributed by atoms with Gasteiger partial charge in [0.1, 0.15) is 17.9 Å². The number of hydrogen-bond acceptors (Lipinski definition) is 4. The number of ketones is 1. The predicted octanol–water partition coefficient (Wildman–Crippen LogP) is 4.22. The van der Waals surface area contributed by atoms with Gasteiger partial charge in [-0.3, -0.25) is 9.59 Å². The van der Waals surface area contributed by atoms with Gasteiger partial charge in [-0.05, 0) is 37.0 Å². The number of esters is 1. The molecule has 1 aromatic rings. The van der Waals surface area contributed by atoms with E-state index in [0.29, 0.717) is 11.5 Å². The zero-order chi connectivity index (χ0) is 16.7. The summed E-state index contributed by atoms with van der Waals surface area (Å²) in [4.78, 5) is 23.7. The fourth-order valence-electron chi connectivity index (χ4n) is 2.72. The van der Waals surface area contributed by atoms with Gasteiger partial charge in [-0.1, -0.05) is 44.1 Å². The van der Waals surface area contributed by atoms with Crippen molar-refractivity contribution in [2.75, 3.05) is 0 Å². The molecule has 122 valence electrons. The zero-order valence-electron chi connectivity index (χ0n) is 13.2. The fraction of sp³-hybridized carbons (Fsp3) is 0.368. The highest BCUT2D eigenvalue weighted by molar-refractivity contribution is 6.02. The molecule has 0 aromatic heterocycles. The highest BCUT2D eigenvalue weighted by Gasteiger charge is 2.14. The Morgan fingerprint density at radius 3 is 2.61 bits per heavy atom. The molecule has 0 radical (unpaired) electrons. The number of hydrogen-bond donors (Lipinski definition) is 1. The van der Waals surface area contributed by atoms with E-state index in [1.165, 1.54) is 25.3 Å². The van der Waals surface area contributed by atoms with E-state index in [1.54, 1.807) is 24.3 Å². The Labute approximate surface area is 136 Å². The first-order chi connectivity index (χ1) is 11.1. The summed E-state index contributed by atoms with van der Waals surface area (Å²) in [7, 11) is 0. The maximum absolute atomic E-state index is 11.9. The van der Waals surface area contributed by atoms with Crippen LogP contribution < -0.4 is 4.74 Å². The van der Waals surface area contributed by atoms with Crippen molar-refractivity contribution in [1.82, 2.24) is 0 Å². The van der Waals surface area contributed by atoms with Crippen LogP contribution in [-0.2, 0) is 9.59 Å². The smallest absolute Gasteiger partial charge is 0.319 e. The van der Waals surface area contributed by atoms with Gasteiger partial charge >= 0.3 is 5.97 Å². The van der Waals surface area contributed by atoms with Crippen molar-refractivity contribution in [3.63, 3.8) is 0 Å². The number of benzene rings is 1. The quantitative estimate of drug-likeness (QED) is 0.281. The topological polar surface area (TPSA) is 63.6 Å². The minimum Gasteiger partial charge on any atom is -0.508 e. The van der Waals surface area contributed by atoms with Crippen molar-refractivity contribution >= 4 is 17.5 Å². The Bertz CT molecular complexity index is 610. The Hall–Kier alpha value is -2.36. The molecule has 0 aliphatic heterocycles. The Kier molecular flexibility index (Phi) is 6.15. The molecular weight excluding hydrogens is 292 g/mol. The molecule has 0 spiro atoms. The van der Waals surface area contributed by atoms with Gasteiger partial charge < -0.3 is 9.84 Å². The van der Waals surface area contributed by atoms with Crippen LogP contribution in [0.2, 0.25) is 0 Å². The number of para-hydroxylation sites is 1. The third kappa shape index (κ3) is 5.40. The van der Waals surface area contributed by atoms with Crippen LogP contribution in [0.3, 0.4) is 0 Å². The molecule has 1 saturated carbocycles. The molecule has 0 unspecified atom stereocenters. The molecule has 0 bridgehead atoms. The first kappa shape index (κ1) is 17.0. The lowest BCUT2D eigenvalue weighted by Crippen LogP contribution is -2.13. The third-order valence-corrected chi connectivity index (χ3v) is 3.94. The number of ether oxygens (including phenoxy) is 1. The van der Waals surface area contributed by atoms with Crippen LogP contribution in [0.25, 0.3) is 5.76 Å². The Balaban J connectivity index is 1.88. The van der Waals surface area contributed by atoms with E-state index in [2.05, 4.69) is 6.58 Å². The molecular formula is C19H22O4. The molecule has 1 fully saturated rings. The molecule has 1 aliphatic rings. The number of rotatable bonds is 6. The summed E-state index contributed by atoms with van der Waals surface area (Å²) in [5.41, 5.74) is 0.339. The van der Waals surface area contributed by atoms with Crippen molar-refractivity contribution in [2.24, 2.45) is 5.92 Å². The number of carbonyl (C=O) groups excluding carboxylic acids is 2. The van der Waals surface area contributed by atoms with E-state index in [0.717, 1.165) is 12.8 Å². The molecule has 23 heavy (non-hydrogen) atoms. The van der Waals surface area contributed by atoms with Crippen molar-refractivity contribution in [3.8, 4) is 5.75 Å². The van der Waals surface area contributed by atoms with Crippen molar-refractivity contribution in [3.05, 3.63) is 48.6 Å². The molecule has 4 heteroatoms. The molecule has 1 N–H and O–H groups in total. The van der Waals surface area contributed by atoms with Crippen molar-refractivity contribution < 1.29 is 19.4 Å². The summed E-state index contributed by atoms with van der Waals surface area (Å²) in [5.74, 6) is -0.439. The highest BCUT2D eigenvalue weighted by atomic mass is 16.5. The van der Waals surface area contributed by atoms with E-state index in [1.807, 2.05) is 6.08 Å². The van der Waals surface area contributed by atoms with Crippen molar-refractivity contribution in [2.45, 2.75) is 38.5 Å². The Morgan fingerprint density at radius 1 is 1.22 bits per heavy atom. The van der Waals surface area contributed by atoms with E-state index in [9.17, 15) is 14.7 Å². The van der Waals surface area contributed by atoms with Crippen LogP contribution in [-0.4, -0.2) is 16.9 Å². The van der Waals surface area contributed by atoms with E-state index < -0.39 is 5.97 Å². The van der Waals surface area contributed by atoms with E-state index in [4.69, 9.17) is 4.74 Å². The average Bonchev–Trinajstić information content (AvgIpc) is 2.54. The molecule has 0 heterocycles. The summed E-state index contributed by atoms with van der Waals surface area (Å²) >= 11 is 0. The monoisotopic (exact) mass is 314 g/mol. The van der Waals surface area contributed by atoms with Crippen LogP contribution in [0.15, 0.2) is 43.0 Å². The number of aliphatic hydroxyl groups excluding tert-OH is 1. The van der Waals surface area contributed by atoms with Gasteiger partial charge in [0, 0.05) is 0 Å². The predicted molar refractivity (Wildman–Crippen MR) is 89.1 cm³/mol. The first-order valence-electron chi connectivity index (χ1n) is 7.95. The summed E-state index contributed by atoms with van der Waals surface area (Å²) in [6.45, 7) is 3.42. The third-order valence-electron chi connectivity index (χ3n) is 3.94. The first-order valence-corrected chi connectivity index (χ1v) is 7.95. The van der Waals surface area contributed by atoms with E-state index in [-0.39, 0.29) is 23.7 Å². The summed E-state index contributed by atoms with van der Waals surface area (Å²) < 4.78 is 5.15. The van der Waals surface area contributed by atoms with Gasteiger partial charge in [0.2, 0.25) is 0 Å². The molecule has 0 amide bonds. The van der Waals surface area contributed by atoms with Gasteiger partial charge in [0.05, 0.1) is 5.56 Å². The van der Waals surface area contributed by atoms with Crippen LogP contribution in [0, 0.1) is 5.92 Å². The second-order valence-electron chi connectivity index (χ2n) is 5.82. The van der Waals surface area contributed by atoms with E-state index >= 15 is 0 Å². The van der Waals surface area contributed by atoms with Crippen molar-refractivity contribution in [1.29, 1.82) is 0 Å². The molecule has 1 aromatic carbocycles. The fourth-order valence-corrected chi connectivity index (χ4v) is 2.72. The van der Waals surface area contributed by atoms with Gasteiger partial charge in [0.15, 0.2) is 5.78 Å². The maximum atomic E-state index is 11.9. The lowest BCUT2D eigenvalue weighted by atomic mass is 9.89. The zero-order valence-corrected chi connectivity index (χ0v) is 13.2. The Morgan fingerprint density at radius 2 is 1.91 bits per heavy atom. The average molecular weight is 314 g/mol.